The number of rotatable bonds is 9. The molecule has 30 heavy (non-hydrogen) atoms. The summed E-state index contributed by atoms with van der Waals surface area (Å²) in [7, 11) is 2.42. The highest BCUT2D eigenvalue weighted by molar-refractivity contribution is 5.95. The lowest BCUT2D eigenvalue weighted by molar-refractivity contribution is -0.159. The number of ether oxygens (including phenoxy) is 2. The Kier molecular flexibility index (Phi) is 7.69. The Labute approximate surface area is 173 Å². The Morgan fingerprint density at radius 1 is 0.667 bits per heavy atom. The third-order valence-corrected chi connectivity index (χ3v) is 4.69. The zero-order valence-electron chi connectivity index (χ0n) is 16.5. The van der Waals surface area contributed by atoms with Crippen LogP contribution in [0.5, 0.6) is 0 Å². The predicted octanol–water partition coefficient (Wildman–Crippen LogP) is 2.19. The monoisotopic (exact) mass is 414 g/mol. The molecular formula is C22H22O8. The van der Waals surface area contributed by atoms with Crippen LogP contribution in [0.15, 0.2) is 48.5 Å². The molecule has 0 aliphatic heterocycles. The number of methoxy groups -OCH3 is 2. The van der Waals surface area contributed by atoms with Crippen molar-refractivity contribution in [2.45, 2.75) is 12.8 Å². The van der Waals surface area contributed by atoms with Gasteiger partial charge in [0.05, 0.1) is 14.2 Å². The first-order valence-corrected chi connectivity index (χ1v) is 9.06. The molecule has 0 bridgehead atoms. The van der Waals surface area contributed by atoms with Gasteiger partial charge in [0.15, 0.2) is 11.8 Å². The maximum Gasteiger partial charge on any atom is 0.320 e. The molecule has 0 atom stereocenters. The molecule has 0 saturated carbocycles. The van der Waals surface area contributed by atoms with E-state index in [1.165, 1.54) is 14.2 Å². The van der Waals surface area contributed by atoms with Crippen molar-refractivity contribution in [2.75, 3.05) is 14.2 Å². The highest BCUT2D eigenvalue weighted by Gasteiger charge is 2.29. The minimum absolute atomic E-state index is 0.105. The number of carboxylic acids is 2. The van der Waals surface area contributed by atoms with Crippen molar-refractivity contribution >= 4 is 23.9 Å². The number of carbonyl (C=O) groups excluding carboxylic acids is 2. The van der Waals surface area contributed by atoms with E-state index in [4.69, 9.17) is 10.2 Å². The number of hydrogen-bond donors (Lipinski definition) is 2. The molecule has 0 saturated heterocycles. The van der Waals surface area contributed by atoms with Crippen molar-refractivity contribution in [1.82, 2.24) is 0 Å². The molecule has 8 nitrogen and oxygen atoms in total. The van der Waals surface area contributed by atoms with Crippen molar-refractivity contribution < 1.29 is 38.9 Å². The summed E-state index contributed by atoms with van der Waals surface area (Å²) in [5, 5.41) is 18.0. The molecule has 0 amide bonds. The summed E-state index contributed by atoms with van der Waals surface area (Å²) in [6.45, 7) is 0. The SMILES string of the molecule is COC(=O)C(Cc1ccc(-c2ccc(CC(C(=O)O)C(=O)O)cc2)cc1)C(=O)OC. The lowest BCUT2D eigenvalue weighted by Gasteiger charge is -2.13. The first-order valence-electron chi connectivity index (χ1n) is 9.06. The largest absolute Gasteiger partial charge is 0.481 e. The van der Waals surface area contributed by atoms with Crippen LogP contribution in [-0.4, -0.2) is 48.3 Å². The number of esters is 2. The summed E-state index contributed by atoms with van der Waals surface area (Å²) in [6, 6.07) is 14.1. The van der Waals surface area contributed by atoms with Gasteiger partial charge >= 0.3 is 23.9 Å². The standard InChI is InChI=1S/C22H22O8/c1-29-21(27)18(22(28)30-2)12-14-5-9-16(10-6-14)15-7-3-13(4-8-15)11-17(19(23)24)20(25)26/h3-10,17-18H,11-12H2,1-2H3,(H,23,24)(H,25,26). The molecule has 158 valence electrons. The number of aliphatic carboxylic acids is 2. The molecule has 0 aromatic heterocycles. The van der Waals surface area contributed by atoms with Crippen LogP contribution in [0.2, 0.25) is 0 Å². The van der Waals surface area contributed by atoms with E-state index in [1.807, 2.05) is 12.1 Å². The summed E-state index contributed by atoms with van der Waals surface area (Å²) < 4.78 is 9.31. The van der Waals surface area contributed by atoms with E-state index in [1.54, 1.807) is 36.4 Å². The Hall–Kier alpha value is -3.68. The van der Waals surface area contributed by atoms with E-state index < -0.39 is 35.7 Å². The maximum absolute atomic E-state index is 11.8. The average Bonchev–Trinajstić information content (AvgIpc) is 2.75. The van der Waals surface area contributed by atoms with Crippen LogP contribution in [0, 0.1) is 11.8 Å². The van der Waals surface area contributed by atoms with Crippen LogP contribution >= 0.6 is 0 Å². The molecule has 2 rings (SSSR count). The minimum Gasteiger partial charge on any atom is -0.481 e. The second-order valence-corrected chi connectivity index (χ2v) is 6.63. The third-order valence-electron chi connectivity index (χ3n) is 4.69. The van der Waals surface area contributed by atoms with Gasteiger partial charge in [0.2, 0.25) is 0 Å². The van der Waals surface area contributed by atoms with Crippen LogP contribution in [0.3, 0.4) is 0 Å². The Balaban J connectivity index is 2.12. The smallest absolute Gasteiger partial charge is 0.320 e. The Bertz CT molecular complexity index is 885. The van der Waals surface area contributed by atoms with Crippen molar-refractivity contribution in [3.63, 3.8) is 0 Å². The molecule has 0 fully saturated rings. The normalized spacial score (nSPS) is 10.7. The van der Waals surface area contributed by atoms with E-state index in [0.29, 0.717) is 5.56 Å². The highest BCUT2D eigenvalue weighted by atomic mass is 16.5. The quantitative estimate of drug-likeness (QED) is 0.472. The van der Waals surface area contributed by atoms with Gasteiger partial charge in [-0.2, -0.15) is 0 Å². The summed E-state index contributed by atoms with van der Waals surface area (Å²) in [6.07, 6.45) is 0.0384. The third kappa shape index (κ3) is 5.66. The first kappa shape index (κ1) is 22.6. The summed E-state index contributed by atoms with van der Waals surface area (Å²) in [5.74, 6) is -6.61. The van der Waals surface area contributed by atoms with Gasteiger partial charge in [-0.1, -0.05) is 48.5 Å². The topological polar surface area (TPSA) is 127 Å². The van der Waals surface area contributed by atoms with Crippen LogP contribution < -0.4 is 0 Å². The van der Waals surface area contributed by atoms with Crippen molar-refractivity contribution in [3.8, 4) is 11.1 Å². The zero-order chi connectivity index (χ0) is 22.3. The molecule has 8 heteroatoms. The van der Waals surface area contributed by atoms with E-state index in [-0.39, 0.29) is 12.8 Å². The molecule has 2 aromatic carbocycles. The van der Waals surface area contributed by atoms with Crippen LogP contribution in [0.4, 0.5) is 0 Å². The van der Waals surface area contributed by atoms with E-state index in [9.17, 15) is 19.2 Å². The molecule has 0 unspecified atom stereocenters. The number of carbonyl (C=O) groups is 4. The lowest BCUT2D eigenvalue weighted by atomic mass is 9.95. The number of benzene rings is 2. The molecule has 0 spiro atoms. The molecule has 0 aliphatic carbocycles. The van der Waals surface area contributed by atoms with Gasteiger partial charge in [0, 0.05) is 0 Å². The van der Waals surface area contributed by atoms with Gasteiger partial charge in [-0.3, -0.25) is 19.2 Å². The lowest BCUT2D eigenvalue weighted by Crippen LogP contribution is -2.28. The molecule has 0 radical (unpaired) electrons. The van der Waals surface area contributed by atoms with Crippen molar-refractivity contribution in [2.24, 2.45) is 11.8 Å². The van der Waals surface area contributed by atoms with Gasteiger partial charge in [-0.05, 0) is 35.1 Å². The highest BCUT2D eigenvalue weighted by Crippen LogP contribution is 2.23. The zero-order valence-corrected chi connectivity index (χ0v) is 16.5. The fourth-order valence-electron chi connectivity index (χ4n) is 2.97. The number of hydrogen-bond acceptors (Lipinski definition) is 6. The van der Waals surface area contributed by atoms with Crippen LogP contribution in [-0.2, 0) is 41.5 Å². The van der Waals surface area contributed by atoms with Gasteiger partial charge in [0.25, 0.3) is 0 Å². The second kappa shape index (κ2) is 10.2. The fraction of sp³-hybridized carbons (Fsp3) is 0.273. The molecule has 0 aliphatic rings. The molecule has 2 N–H and O–H groups in total. The number of carboxylic acid groups (broad SMARTS) is 2. The summed E-state index contributed by atoms with van der Waals surface area (Å²) in [5.41, 5.74) is 3.07. The van der Waals surface area contributed by atoms with Crippen LogP contribution in [0.1, 0.15) is 11.1 Å². The minimum atomic E-state index is -1.49. The average molecular weight is 414 g/mol. The summed E-state index contributed by atoms with van der Waals surface area (Å²) >= 11 is 0. The summed E-state index contributed by atoms with van der Waals surface area (Å²) in [4.78, 5) is 45.7. The van der Waals surface area contributed by atoms with Crippen molar-refractivity contribution in [1.29, 1.82) is 0 Å². The molecule has 0 heterocycles. The van der Waals surface area contributed by atoms with Crippen LogP contribution in [0.25, 0.3) is 11.1 Å². The second-order valence-electron chi connectivity index (χ2n) is 6.63. The van der Waals surface area contributed by atoms with Gasteiger partial charge in [-0.25, -0.2) is 0 Å². The first-order chi connectivity index (χ1) is 14.3. The van der Waals surface area contributed by atoms with Gasteiger partial charge in [-0.15, -0.1) is 0 Å². The van der Waals surface area contributed by atoms with E-state index >= 15 is 0 Å². The van der Waals surface area contributed by atoms with Gasteiger partial charge < -0.3 is 19.7 Å². The fourth-order valence-corrected chi connectivity index (χ4v) is 2.97. The Morgan fingerprint density at radius 2 is 1.00 bits per heavy atom. The molecule has 2 aromatic rings. The Morgan fingerprint density at radius 3 is 1.30 bits per heavy atom. The molecular weight excluding hydrogens is 392 g/mol. The van der Waals surface area contributed by atoms with E-state index in [2.05, 4.69) is 9.47 Å². The van der Waals surface area contributed by atoms with Crippen molar-refractivity contribution in [3.05, 3.63) is 59.7 Å². The van der Waals surface area contributed by atoms with Gasteiger partial charge in [0.1, 0.15) is 0 Å². The van der Waals surface area contributed by atoms with E-state index in [0.717, 1.165) is 16.7 Å². The maximum atomic E-state index is 11.8. The predicted molar refractivity (Wildman–Crippen MR) is 106 cm³/mol.